The molecule has 0 aliphatic heterocycles. The maximum Gasteiger partial charge on any atom is 0.404 e. The summed E-state index contributed by atoms with van der Waals surface area (Å²) in [7, 11) is 0. The zero-order chi connectivity index (χ0) is 8.85. The molecule has 0 aromatic rings. The Bertz CT molecular complexity index is 175. The predicted molar refractivity (Wildman–Crippen MR) is 43.5 cm³/mol. The molecule has 0 heterocycles. The van der Waals surface area contributed by atoms with E-state index < -0.39 is 6.09 Å². The van der Waals surface area contributed by atoms with E-state index in [1.54, 1.807) is 0 Å². The molecule has 0 aromatic heterocycles. The Labute approximate surface area is 66.1 Å². The molecular weight excluding hydrogens is 144 g/mol. The van der Waals surface area contributed by atoms with Crippen LogP contribution in [0.5, 0.6) is 0 Å². The average molecular weight is 158 g/mol. The summed E-state index contributed by atoms with van der Waals surface area (Å²) in [5, 5.41) is 10.5. The molecule has 0 fully saturated rings. The van der Waals surface area contributed by atoms with E-state index in [2.05, 4.69) is 5.32 Å². The van der Waals surface area contributed by atoms with Gasteiger partial charge in [-0.15, -0.1) is 0 Å². The van der Waals surface area contributed by atoms with Gasteiger partial charge < -0.3 is 16.2 Å². The van der Waals surface area contributed by atoms with Crippen molar-refractivity contribution in [2.24, 2.45) is 5.73 Å². The van der Waals surface area contributed by atoms with E-state index in [1.165, 1.54) is 0 Å². The van der Waals surface area contributed by atoms with Gasteiger partial charge in [-0.1, -0.05) is 11.1 Å². The lowest BCUT2D eigenvalue weighted by Gasteiger charge is -2.04. The second-order valence-electron chi connectivity index (χ2n) is 2.42. The topological polar surface area (TPSA) is 75.3 Å². The largest absolute Gasteiger partial charge is 0.465 e. The standard InChI is InChI=1S/C7H14N2O2/c1-5(3-8)6(2)4-9-7(10)11/h9H,3-4,8H2,1-2H3,(H,10,11). The van der Waals surface area contributed by atoms with E-state index in [-0.39, 0.29) is 0 Å². The van der Waals surface area contributed by atoms with Crippen molar-refractivity contribution in [3.8, 4) is 0 Å². The van der Waals surface area contributed by atoms with E-state index >= 15 is 0 Å². The fraction of sp³-hybridized carbons (Fsp3) is 0.571. The number of carboxylic acid groups (broad SMARTS) is 1. The fourth-order valence-corrected chi connectivity index (χ4v) is 0.533. The summed E-state index contributed by atoms with van der Waals surface area (Å²) in [4.78, 5) is 10.0. The predicted octanol–water partition coefficient (Wildman–Crippen LogP) is 0.549. The number of hydrogen-bond acceptors (Lipinski definition) is 2. The molecule has 0 rings (SSSR count). The molecule has 0 aliphatic rings. The summed E-state index contributed by atoms with van der Waals surface area (Å²) in [6.45, 7) is 4.59. The third kappa shape index (κ3) is 4.38. The molecule has 4 heteroatoms. The molecule has 4 N–H and O–H groups in total. The molecule has 0 bridgehead atoms. The van der Waals surface area contributed by atoms with Gasteiger partial charge in [0.25, 0.3) is 0 Å². The Morgan fingerprint density at radius 3 is 2.36 bits per heavy atom. The lowest BCUT2D eigenvalue weighted by Crippen LogP contribution is -2.23. The van der Waals surface area contributed by atoms with Gasteiger partial charge in [0.05, 0.1) is 0 Å². The lowest BCUT2D eigenvalue weighted by atomic mass is 10.1. The number of nitrogens with two attached hydrogens (primary N) is 1. The highest BCUT2D eigenvalue weighted by atomic mass is 16.4. The summed E-state index contributed by atoms with van der Waals surface area (Å²) < 4.78 is 0. The van der Waals surface area contributed by atoms with Gasteiger partial charge in [0.1, 0.15) is 0 Å². The zero-order valence-corrected chi connectivity index (χ0v) is 6.85. The van der Waals surface area contributed by atoms with Gasteiger partial charge in [-0.05, 0) is 13.8 Å². The first-order valence-corrected chi connectivity index (χ1v) is 3.40. The molecule has 0 radical (unpaired) electrons. The quantitative estimate of drug-likeness (QED) is 0.525. The monoisotopic (exact) mass is 158 g/mol. The molecular formula is C7H14N2O2. The normalized spacial score (nSPS) is 12.3. The maximum absolute atomic E-state index is 10.0. The number of carbonyl (C=O) groups is 1. The molecule has 64 valence electrons. The Morgan fingerprint density at radius 1 is 1.45 bits per heavy atom. The molecule has 4 nitrogen and oxygen atoms in total. The van der Waals surface area contributed by atoms with Crippen molar-refractivity contribution < 1.29 is 9.90 Å². The van der Waals surface area contributed by atoms with Gasteiger partial charge >= 0.3 is 6.09 Å². The van der Waals surface area contributed by atoms with Crippen LogP contribution in [0.4, 0.5) is 4.79 Å². The van der Waals surface area contributed by atoms with Crippen molar-refractivity contribution in [2.75, 3.05) is 13.1 Å². The van der Waals surface area contributed by atoms with Crippen molar-refractivity contribution in [3.05, 3.63) is 11.1 Å². The van der Waals surface area contributed by atoms with Gasteiger partial charge in [-0.3, -0.25) is 0 Å². The summed E-state index contributed by atoms with van der Waals surface area (Å²) >= 11 is 0. The van der Waals surface area contributed by atoms with Gasteiger partial charge in [0, 0.05) is 13.1 Å². The van der Waals surface area contributed by atoms with Crippen LogP contribution in [-0.2, 0) is 0 Å². The summed E-state index contributed by atoms with van der Waals surface area (Å²) in [6.07, 6.45) is -1.01. The van der Waals surface area contributed by atoms with Crippen molar-refractivity contribution in [1.29, 1.82) is 0 Å². The Kier molecular flexibility index (Phi) is 4.29. The molecule has 0 saturated heterocycles. The lowest BCUT2D eigenvalue weighted by molar-refractivity contribution is 0.195. The van der Waals surface area contributed by atoms with Crippen LogP contribution in [0.2, 0.25) is 0 Å². The minimum Gasteiger partial charge on any atom is -0.465 e. The second kappa shape index (κ2) is 4.73. The van der Waals surface area contributed by atoms with Crippen LogP contribution in [0.15, 0.2) is 11.1 Å². The Hall–Kier alpha value is -1.03. The van der Waals surface area contributed by atoms with Crippen molar-refractivity contribution in [2.45, 2.75) is 13.8 Å². The maximum atomic E-state index is 10.0. The van der Waals surface area contributed by atoms with Crippen LogP contribution in [0.25, 0.3) is 0 Å². The number of hydrogen-bond donors (Lipinski definition) is 3. The Balaban J connectivity index is 3.85. The molecule has 0 unspecified atom stereocenters. The Morgan fingerprint density at radius 2 is 2.00 bits per heavy atom. The third-order valence-corrected chi connectivity index (χ3v) is 1.54. The van der Waals surface area contributed by atoms with E-state index in [4.69, 9.17) is 10.8 Å². The van der Waals surface area contributed by atoms with Gasteiger partial charge in [-0.25, -0.2) is 4.79 Å². The average Bonchev–Trinajstić information content (AvgIpc) is 1.98. The van der Waals surface area contributed by atoms with Crippen molar-refractivity contribution in [1.82, 2.24) is 5.32 Å². The van der Waals surface area contributed by atoms with E-state index in [9.17, 15) is 4.79 Å². The molecule has 0 spiro atoms. The molecule has 11 heavy (non-hydrogen) atoms. The van der Waals surface area contributed by atoms with Gasteiger partial charge in [0.2, 0.25) is 0 Å². The highest BCUT2D eigenvalue weighted by Crippen LogP contribution is 1.98. The third-order valence-electron chi connectivity index (χ3n) is 1.54. The molecule has 0 atom stereocenters. The van der Waals surface area contributed by atoms with Crippen LogP contribution in [0.3, 0.4) is 0 Å². The minimum absolute atomic E-state index is 0.359. The summed E-state index contributed by atoms with van der Waals surface area (Å²) in [5.41, 5.74) is 7.35. The van der Waals surface area contributed by atoms with Crippen LogP contribution >= 0.6 is 0 Å². The number of nitrogens with one attached hydrogen (secondary N) is 1. The summed E-state index contributed by atoms with van der Waals surface area (Å²) in [6, 6.07) is 0. The zero-order valence-electron chi connectivity index (χ0n) is 6.85. The molecule has 0 aromatic carbocycles. The molecule has 0 aliphatic carbocycles. The first-order chi connectivity index (χ1) is 5.07. The fourth-order valence-electron chi connectivity index (χ4n) is 0.533. The van der Waals surface area contributed by atoms with Crippen molar-refractivity contribution >= 4 is 6.09 Å². The van der Waals surface area contributed by atoms with Crippen LogP contribution in [-0.4, -0.2) is 24.3 Å². The SMILES string of the molecule is CC(CN)=C(C)CNC(=O)O. The second-order valence-corrected chi connectivity index (χ2v) is 2.42. The smallest absolute Gasteiger partial charge is 0.404 e. The first-order valence-electron chi connectivity index (χ1n) is 3.40. The van der Waals surface area contributed by atoms with Crippen LogP contribution in [0.1, 0.15) is 13.8 Å². The molecule has 0 saturated carbocycles. The number of amides is 1. The number of rotatable bonds is 3. The first kappa shape index (κ1) is 9.97. The molecule has 1 amide bonds. The van der Waals surface area contributed by atoms with E-state index in [1.807, 2.05) is 13.8 Å². The summed E-state index contributed by atoms with van der Waals surface area (Å²) in [5.74, 6) is 0. The van der Waals surface area contributed by atoms with Gasteiger partial charge in [0.15, 0.2) is 0 Å². The highest BCUT2D eigenvalue weighted by Gasteiger charge is 1.97. The van der Waals surface area contributed by atoms with E-state index in [0.717, 1.165) is 11.1 Å². The van der Waals surface area contributed by atoms with E-state index in [0.29, 0.717) is 13.1 Å². The van der Waals surface area contributed by atoms with Crippen LogP contribution < -0.4 is 11.1 Å². The van der Waals surface area contributed by atoms with Crippen molar-refractivity contribution in [3.63, 3.8) is 0 Å². The van der Waals surface area contributed by atoms with Gasteiger partial charge in [-0.2, -0.15) is 0 Å². The minimum atomic E-state index is -1.01. The highest BCUT2D eigenvalue weighted by molar-refractivity contribution is 5.64. The van der Waals surface area contributed by atoms with Crippen LogP contribution in [0, 0.1) is 0 Å².